The summed E-state index contributed by atoms with van der Waals surface area (Å²) in [5.41, 5.74) is 2.96. The van der Waals surface area contributed by atoms with Gasteiger partial charge in [-0.15, -0.1) is 0 Å². The smallest absolute Gasteiger partial charge is 0.417 e. The van der Waals surface area contributed by atoms with Gasteiger partial charge in [-0.2, -0.15) is 0 Å². The predicted octanol–water partition coefficient (Wildman–Crippen LogP) is 4.90. The van der Waals surface area contributed by atoms with E-state index < -0.39 is 29.9 Å². The maximum Gasteiger partial charge on any atom is 0.417 e. The molecule has 1 aliphatic carbocycles. The van der Waals surface area contributed by atoms with Crippen LogP contribution in [0.5, 0.6) is 0 Å². The molecule has 2 aromatic carbocycles. The maximum atomic E-state index is 13.5. The zero-order valence-corrected chi connectivity index (χ0v) is 20.2. The molecule has 2 aromatic rings. The predicted molar refractivity (Wildman–Crippen MR) is 130 cm³/mol. The number of hydrogen-bond acceptors (Lipinski definition) is 5. The fourth-order valence-electron chi connectivity index (χ4n) is 5.00. The first-order valence-electron chi connectivity index (χ1n) is 11.7. The summed E-state index contributed by atoms with van der Waals surface area (Å²) in [7, 11) is 0. The van der Waals surface area contributed by atoms with Gasteiger partial charge in [0.2, 0.25) is 0 Å². The lowest BCUT2D eigenvalue weighted by atomic mass is 9.97. The fraction of sp³-hybridized carbons (Fsp3) is 0.321. The Hall–Kier alpha value is -3.87. The minimum Gasteiger partial charge on any atom is -0.474 e. The van der Waals surface area contributed by atoms with E-state index in [-0.39, 0.29) is 11.8 Å². The van der Waals surface area contributed by atoms with Crippen molar-refractivity contribution in [2.45, 2.75) is 52.0 Å². The second kappa shape index (κ2) is 8.41. The van der Waals surface area contributed by atoms with E-state index in [1.54, 1.807) is 38.7 Å². The molecule has 0 radical (unpaired) electrons. The van der Waals surface area contributed by atoms with Crippen LogP contribution in [0.1, 0.15) is 44.9 Å². The Labute approximate surface area is 204 Å². The monoisotopic (exact) mass is 472 g/mol. The van der Waals surface area contributed by atoms with Crippen LogP contribution in [-0.4, -0.2) is 34.6 Å². The number of imide groups is 1. The summed E-state index contributed by atoms with van der Waals surface area (Å²) >= 11 is 0. The van der Waals surface area contributed by atoms with E-state index in [9.17, 15) is 14.4 Å². The Morgan fingerprint density at radius 2 is 1.69 bits per heavy atom. The Balaban J connectivity index is 1.48. The van der Waals surface area contributed by atoms with Crippen LogP contribution >= 0.6 is 0 Å². The Kier molecular flexibility index (Phi) is 5.50. The average molecular weight is 473 g/mol. The standard InChI is InChI=1S/C28H28N2O5/c1-17-14-23(29(25(17)31)19-11-6-5-7-12-19)34-16-22-21-15-18-10-8-9-13-20(18)24(21)30(26(22)32)27(33)35-28(2,3)4/h5-14,16,21,23-24H,15H2,1-4H3. The molecule has 0 saturated carbocycles. The molecule has 0 bridgehead atoms. The number of carbonyl (C=O) groups excluding carboxylic acids is 3. The summed E-state index contributed by atoms with van der Waals surface area (Å²) in [5.74, 6) is -0.835. The van der Waals surface area contributed by atoms with Crippen LogP contribution in [0, 0.1) is 5.92 Å². The molecular formula is C28H28N2O5. The first-order chi connectivity index (χ1) is 16.7. The number of hydrogen-bond donors (Lipinski definition) is 0. The van der Waals surface area contributed by atoms with Crippen LogP contribution in [0.2, 0.25) is 0 Å². The van der Waals surface area contributed by atoms with Gasteiger partial charge in [-0.25, -0.2) is 9.69 Å². The summed E-state index contributed by atoms with van der Waals surface area (Å²) < 4.78 is 11.6. The van der Waals surface area contributed by atoms with Crippen molar-refractivity contribution < 1.29 is 23.9 Å². The lowest BCUT2D eigenvalue weighted by Crippen LogP contribution is -2.39. The second-order valence-electron chi connectivity index (χ2n) is 10.1. The van der Waals surface area contributed by atoms with Crippen molar-refractivity contribution in [2.75, 3.05) is 4.90 Å². The van der Waals surface area contributed by atoms with Crippen LogP contribution < -0.4 is 4.90 Å². The van der Waals surface area contributed by atoms with Crippen molar-refractivity contribution >= 4 is 23.6 Å². The van der Waals surface area contributed by atoms with Gasteiger partial charge in [0.25, 0.3) is 11.8 Å². The first-order valence-corrected chi connectivity index (χ1v) is 11.7. The molecule has 0 aromatic heterocycles. The molecule has 7 nitrogen and oxygen atoms in total. The largest absolute Gasteiger partial charge is 0.474 e. The molecule has 2 heterocycles. The molecule has 2 aliphatic heterocycles. The van der Waals surface area contributed by atoms with E-state index in [1.807, 2.05) is 54.6 Å². The van der Waals surface area contributed by atoms with Crippen LogP contribution in [0.3, 0.4) is 0 Å². The highest BCUT2D eigenvalue weighted by atomic mass is 16.6. The van der Waals surface area contributed by atoms with Crippen molar-refractivity contribution in [3.05, 3.63) is 89.2 Å². The minimum absolute atomic E-state index is 0.154. The topological polar surface area (TPSA) is 76.2 Å². The molecule has 7 heteroatoms. The summed E-state index contributed by atoms with van der Waals surface area (Å²) in [4.78, 5) is 42.2. The lowest BCUT2D eigenvalue weighted by molar-refractivity contribution is -0.125. The number of rotatable bonds is 3. The van der Waals surface area contributed by atoms with Crippen molar-refractivity contribution in [3.8, 4) is 0 Å². The van der Waals surface area contributed by atoms with Gasteiger partial charge in [0.05, 0.1) is 17.9 Å². The van der Waals surface area contributed by atoms with E-state index in [2.05, 4.69) is 0 Å². The van der Waals surface area contributed by atoms with Gasteiger partial charge < -0.3 is 9.47 Å². The Bertz CT molecular complexity index is 1260. The van der Waals surface area contributed by atoms with Crippen molar-refractivity contribution in [3.63, 3.8) is 0 Å². The maximum absolute atomic E-state index is 13.5. The molecule has 0 N–H and O–H groups in total. The number of carbonyl (C=O) groups is 3. The molecule has 3 atom stereocenters. The van der Waals surface area contributed by atoms with Gasteiger partial charge in [0.15, 0.2) is 6.23 Å². The number of anilines is 1. The number of amides is 3. The highest BCUT2D eigenvalue weighted by Gasteiger charge is 2.53. The molecule has 3 aliphatic rings. The molecule has 3 unspecified atom stereocenters. The Morgan fingerprint density at radius 1 is 1.00 bits per heavy atom. The van der Waals surface area contributed by atoms with Gasteiger partial charge in [-0.05, 0) is 63.5 Å². The zero-order chi connectivity index (χ0) is 24.9. The molecule has 180 valence electrons. The SMILES string of the molecule is CC1=CC(OC=C2C(=O)N(C(=O)OC(C)(C)C)C3c4ccccc4CC23)N(c2ccccc2)C1=O. The van der Waals surface area contributed by atoms with Crippen LogP contribution in [0.4, 0.5) is 10.5 Å². The van der Waals surface area contributed by atoms with Gasteiger partial charge in [0, 0.05) is 17.2 Å². The third-order valence-electron chi connectivity index (χ3n) is 6.50. The van der Waals surface area contributed by atoms with Crippen molar-refractivity contribution in [2.24, 2.45) is 5.92 Å². The highest BCUT2D eigenvalue weighted by molar-refractivity contribution is 6.08. The molecular weight excluding hydrogens is 444 g/mol. The van der Waals surface area contributed by atoms with Crippen LogP contribution in [0.25, 0.3) is 0 Å². The van der Waals surface area contributed by atoms with Crippen molar-refractivity contribution in [1.29, 1.82) is 0 Å². The summed E-state index contributed by atoms with van der Waals surface area (Å²) in [6, 6.07) is 16.6. The summed E-state index contributed by atoms with van der Waals surface area (Å²) in [6.45, 7) is 7.06. The number of fused-ring (bicyclic) bond motifs is 3. The quantitative estimate of drug-likeness (QED) is 0.469. The minimum atomic E-state index is -0.739. The number of likely N-dealkylation sites (tertiary alicyclic amines) is 1. The molecule has 3 amide bonds. The lowest BCUT2D eigenvalue weighted by Gasteiger charge is -2.27. The van der Waals surface area contributed by atoms with E-state index in [1.165, 1.54) is 11.2 Å². The van der Waals surface area contributed by atoms with E-state index >= 15 is 0 Å². The van der Waals surface area contributed by atoms with Gasteiger partial charge in [0.1, 0.15) is 5.60 Å². The van der Waals surface area contributed by atoms with Crippen LogP contribution in [-0.2, 0) is 25.5 Å². The third-order valence-corrected chi connectivity index (χ3v) is 6.50. The first kappa shape index (κ1) is 22.9. The van der Waals surface area contributed by atoms with Gasteiger partial charge in [-0.1, -0.05) is 42.5 Å². The Morgan fingerprint density at radius 3 is 2.40 bits per heavy atom. The number of para-hydroxylation sites is 1. The van der Waals surface area contributed by atoms with Gasteiger partial charge in [-0.3, -0.25) is 14.5 Å². The van der Waals surface area contributed by atoms with E-state index in [0.29, 0.717) is 23.3 Å². The fourth-order valence-corrected chi connectivity index (χ4v) is 5.00. The molecule has 1 fully saturated rings. The molecule has 0 spiro atoms. The van der Waals surface area contributed by atoms with E-state index in [4.69, 9.17) is 9.47 Å². The van der Waals surface area contributed by atoms with Gasteiger partial charge >= 0.3 is 6.09 Å². The van der Waals surface area contributed by atoms with Crippen LogP contribution in [0.15, 0.2) is 78.1 Å². The zero-order valence-electron chi connectivity index (χ0n) is 20.2. The molecule has 35 heavy (non-hydrogen) atoms. The molecule has 1 saturated heterocycles. The molecule has 5 rings (SSSR count). The summed E-state index contributed by atoms with van der Waals surface area (Å²) in [5, 5.41) is 0. The van der Waals surface area contributed by atoms with Crippen molar-refractivity contribution in [1.82, 2.24) is 4.90 Å². The normalized spacial score (nSPS) is 24.5. The summed E-state index contributed by atoms with van der Waals surface area (Å²) in [6.07, 6.45) is 2.41. The highest BCUT2D eigenvalue weighted by Crippen LogP contribution is 2.50. The number of benzene rings is 2. The number of ether oxygens (including phenoxy) is 2. The average Bonchev–Trinajstić information content (AvgIpc) is 3.40. The van der Waals surface area contributed by atoms with E-state index in [0.717, 1.165) is 11.1 Å². The second-order valence-corrected chi connectivity index (χ2v) is 10.1. The third kappa shape index (κ3) is 4.01. The number of nitrogens with zero attached hydrogens (tertiary/aromatic N) is 2.